The summed E-state index contributed by atoms with van der Waals surface area (Å²) in [6, 6.07) is 4.93. The number of hydrogen-bond acceptors (Lipinski definition) is 3. The summed E-state index contributed by atoms with van der Waals surface area (Å²) in [5.41, 5.74) is 2.39. The average molecular weight is 420 g/mol. The van der Waals surface area contributed by atoms with Crippen LogP contribution in [0.2, 0.25) is 18.1 Å². The minimum absolute atomic E-state index is 0.0993. The van der Waals surface area contributed by atoms with Crippen molar-refractivity contribution in [3.05, 3.63) is 34.9 Å². The Morgan fingerprint density at radius 1 is 1.17 bits per heavy atom. The molecule has 0 bridgehead atoms. The lowest BCUT2D eigenvalue weighted by Crippen LogP contribution is -2.59. The molecular formula is C23H37NO4Si. The van der Waals surface area contributed by atoms with Crippen molar-refractivity contribution >= 4 is 19.6 Å². The fourth-order valence-electron chi connectivity index (χ4n) is 3.99. The zero-order chi connectivity index (χ0) is 22.4. The van der Waals surface area contributed by atoms with Crippen LogP contribution in [0.4, 0.5) is 4.79 Å². The maximum atomic E-state index is 13.7. The van der Waals surface area contributed by atoms with Gasteiger partial charge in [-0.3, -0.25) is 4.90 Å². The van der Waals surface area contributed by atoms with Crippen LogP contribution in [0, 0.1) is 0 Å². The van der Waals surface area contributed by atoms with Crippen molar-refractivity contribution in [1.82, 2.24) is 4.90 Å². The van der Waals surface area contributed by atoms with Crippen LogP contribution in [0.5, 0.6) is 0 Å². The standard InChI is InChI=1S/C23H37NO4Si/c1-15-17-11-9-10-16(12-13-23(5,6)28)18(17)14-19(24(15)21(26)27)20(25)29(7,8)22(2,3)4/h9-11,15,19,28H,12-14H2,1-8H3,(H,26,27)/t15-,19+/m0/s1. The predicted molar refractivity (Wildman–Crippen MR) is 119 cm³/mol. The highest BCUT2D eigenvalue weighted by Crippen LogP contribution is 2.41. The van der Waals surface area contributed by atoms with E-state index in [1.165, 1.54) is 4.90 Å². The van der Waals surface area contributed by atoms with Crippen molar-refractivity contribution < 1.29 is 19.8 Å². The summed E-state index contributed by atoms with van der Waals surface area (Å²) in [5, 5.41) is 20.1. The second-order valence-corrected chi connectivity index (χ2v) is 15.9. The third kappa shape index (κ3) is 4.74. The maximum absolute atomic E-state index is 13.7. The molecule has 1 aromatic carbocycles. The van der Waals surface area contributed by atoms with Crippen LogP contribution in [0.3, 0.4) is 0 Å². The molecule has 0 unspecified atom stereocenters. The topological polar surface area (TPSA) is 77.8 Å². The van der Waals surface area contributed by atoms with Crippen LogP contribution in [0.1, 0.15) is 70.7 Å². The van der Waals surface area contributed by atoms with E-state index in [0.717, 1.165) is 16.7 Å². The first kappa shape index (κ1) is 23.6. The number of carbonyl (C=O) groups is 2. The van der Waals surface area contributed by atoms with Gasteiger partial charge in [-0.15, -0.1) is 0 Å². The van der Waals surface area contributed by atoms with Gasteiger partial charge in [0.05, 0.1) is 17.7 Å². The van der Waals surface area contributed by atoms with Gasteiger partial charge in [-0.2, -0.15) is 0 Å². The number of carboxylic acid groups (broad SMARTS) is 1. The molecule has 1 aliphatic rings. The lowest BCUT2D eigenvalue weighted by Gasteiger charge is -2.45. The van der Waals surface area contributed by atoms with Gasteiger partial charge in [0, 0.05) is 6.42 Å². The van der Waals surface area contributed by atoms with Gasteiger partial charge in [-0.25, -0.2) is 4.79 Å². The molecule has 0 aromatic heterocycles. The van der Waals surface area contributed by atoms with Crippen LogP contribution < -0.4 is 0 Å². The first-order valence-corrected chi connectivity index (χ1v) is 13.5. The Balaban J connectivity index is 2.52. The monoisotopic (exact) mass is 419 g/mol. The zero-order valence-corrected chi connectivity index (χ0v) is 20.2. The van der Waals surface area contributed by atoms with Crippen molar-refractivity contribution in [3.8, 4) is 0 Å². The Morgan fingerprint density at radius 2 is 1.76 bits per heavy atom. The van der Waals surface area contributed by atoms with E-state index in [1.807, 2.05) is 25.1 Å². The van der Waals surface area contributed by atoms with Crippen molar-refractivity contribution in [2.75, 3.05) is 0 Å². The van der Waals surface area contributed by atoms with Crippen molar-refractivity contribution in [2.24, 2.45) is 0 Å². The van der Waals surface area contributed by atoms with Gasteiger partial charge in [-0.05, 0) is 55.3 Å². The van der Waals surface area contributed by atoms with Crippen molar-refractivity contribution in [1.29, 1.82) is 0 Å². The van der Waals surface area contributed by atoms with Crippen LogP contribution in [-0.4, -0.2) is 46.3 Å². The summed E-state index contributed by atoms with van der Waals surface area (Å²) in [4.78, 5) is 27.2. The van der Waals surface area contributed by atoms with E-state index in [2.05, 4.69) is 33.9 Å². The van der Waals surface area contributed by atoms with E-state index < -0.39 is 25.8 Å². The number of fused-ring (bicyclic) bond motifs is 1. The molecule has 0 radical (unpaired) electrons. The molecule has 1 amide bonds. The Morgan fingerprint density at radius 3 is 2.24 bits per heavy atom. The second-order valence-electron chi connectivity index (χ2n) is 10.6. The SMILES string of the molecule is C[C@H]1c2cccc(CCC(C)(C)O)c2C[C@H](C(=O)[Si](C)(C)C(C)(C)C)N1C(=O)O. The Hall–Kier alpha value is -1.66. The van der Waals surface area contributed by atoms with Crippen LogP contribution >= 0.6 is 0 Å². The summed E-state index contributed by atoms with van der Waals surface area (Å²) in [6.07, 6.45) is 0.691. The molecule has 29 heavy (non-hydrogen) atoms. The molecule has 6 heteroatoms. The molecule has 1 aliphatic heterocycles. The third-order valence-corrected chi connectivity index (χ3v) is 12.2. The largest absolute Gasteiger partial charge is 0.465 e. The van der Waals surface area contributed by atoms with Crippen molar-refractivity contribution in [3.63, 3.8) is 0 Å². The normalized spacial score (nSPS) is 20.4. The predicted octanol–water partition coefficient (Wildman–Crippen LogP) is 4.97. The second kappa shape index (κ2) is 7.87. The highest BCUT2D eigenvalue weighted by molar-refractivity contribution is 7.06. The first-order chi connectivity index (χ1) is 13.1. The first-order valence-electron chi connectivity index (χ1n) is 10.5. The van der Waals surface area contributed by atoms with Gasteiger partial charge >= 0.3 is 6.09 Å². The molecule has 1 heterocycles. The van der Waals surface area contributed by atoms with Gasteiger partial charge in [0.1, 0.15) is 13.5 Å². The summed E-state index contributed by atoms with van der Waals surface area (Å²) in [7, 11) is -2.38. The fourth-order valence-corrected chi connectivity index (χ4v) is 5.80. The molecule has 1 aromatic rings. The molecule has 0 saturated heterocycles. The molecule has 0 saturated carbocycles. The molecule has 0 aliphatic carbocycles. The Labute approximate surface area is 176 Å². The molecule has 2 rings (SSSR count). The van der Waals surface area contributed by atoms with Gasteiger partial charge in [0.15, 0.2) is 0 Å². The lowest BCUT2D eigenvalue weighted by atomic mass is 9.84. The smallest absolute Gasteiger partial charge is 0.408 e. The number of aliphatic hydroxyl groups is 1. The van der Waals surface area contributed by atoms with E-state index >= 15 is 0 Å². The van der Waals surface area contributed by atoms with Gasteiger partial charge < -0.3 is 15.0 Å². The van der Waals surface area contributed by atoms with Crippen LogP contribution in [-0.2, 0) is 17.6 Å². The average Bonchev–Trinajstić information content (AvgIpc) is 2.57. The van der Waals surface area contributed by atoms with Crippen LogP contribution in [0.25, 0.3) is 0 Å². The van der Waals surface area contributed by atoms with E-state index in [0.29, 0.717) is 19.3 Å². The quantitative estimate of drug-likeness (QED) is 0.660. The van der Waals surface area contributed by atoms with E-state index in [1.54, 1.807) is 13.8 Å². The van der Waals surface area contributed by atoms with Gasteiger partial charge in [0.2, 0.25) is 0 Å². The van der Waals surface area contributed by atoms with Gasteiger partial charge in [-0.1, -0.05) is 52.1 Å². The number of nitrogens with zero attached hydrogens (tertiary/aromatic N) is 1. The zero-order valence-electron chi connectivity index (χ0n) is 19.2. The Bertz CT molecular complexity index is 789. The maximum Gasteiger partial charge on any atom is 0.408 e. The molecule has 0 fully saturated rings. The van der Waals surface area contributed by atoms with Crippen LogP contribution in [0.15, 0.2) is 18.2 Å². The molecule has 2 N–H and O–H groups in total. The number of amides is 1. The number of hydrogen-bond donors (Lipinski definition) is 2. The summed E-state index contributed by atoms with van der Waals surface area (Å²) in [5.74, 6) is 0. The summed E-state index contributed by atoms with van der Waals surface area (Å²) < 4.78 is 0. The number of aryl methyl sites for hydroxylation is 1. The summed E-state index contributed by atoms with van der Waals surface area (Å²) >= 11 is 0. The molecule has 5 nitrogen and oxygen atoms in total. The molecular weight excluding hydrogens is 382 g/mol. The van der Waals surface area contributed by atoms with E-state index in [9.17, 15) is 19.8 Å². The van der Waals surface area contributed by atoms with Crippen molar-refractivity contribution in [2.45, 2.75) is 96.6 Å². The van der Waals surface area contributed by atoms with Gasteiger partial charge in [0.25, 0.3) is 0 Å². The summed E-state index contributed by atoms with van der Waals surface area (Å²) in [6.45, 7) is 15.8. The van der Waals surface area contributed by atoms with E-state index in [-0.39, 0.29) is 16.5 Å². The molecule has 162 valence electrons. The van der Waals surface area contributed by atoms with E-state index in [4.69, 9.17) is 0 Å². The molecule has 2 atom stereocenters. The number of rotatable bonds is 5. The number of carbonyl (C=O) groups excluding carboxylic acids is 1. The fraction of sp³-hybridized carbons (Fsp3) is 0.652. The lowest BCUT2D eigenvalue weighted by molar-refractivity contribution is -0.118. The molecule has 0 spiro atoms. The highest BCUT2D eigenvalue weighted by atomic mass is 28.3. The third-order valence-electron chi connectivity index (χ3n) is 6.93. The highest BCUT2D eigenvalue weighted by Gasteiger charge is 2.49. The minimum Gasteiger partial charge on any atom is -0.465 e. The Kier molecular flexibility index (Phi) is 6.41. The number of benzene rings is 1. The minimum atomic E-state index is -2.38.